The number of anilines is 1. The molecule has 168 valence electrons. The highest BCUT2D eigenvalue weighted by atomic mass is 32.2. The van der Waals surface area contributed by atoms with Crippen LogP contribution in [-0.2, 0) is 16.2 Å². The molecule has 3 rings (SSSR count). The number of sulfonamides is 1. The van der Waals surface area contributed by atoms with Crippen molar-refractivity contribution in [3.05, 3.63) is 58.1 Å². The minimum absolute atomic E-state index is 0.155. The number of thioether (sulfide) groups is 1. The molecule has 1 N–H and O–H groups in total. The molecular formula is C19H20F3N3O4S2. The van der Waals surface area contributed by atoms with Gasteiger partial charge in [-0.1, -0.05) is 0 Å². The molecule has 1 heterocycles. The molecule has 1 aliphatic rings. The lowest BCUT2D eigenvalue weighted by Crippen LogP contribution is -2.31. The van der Waals surface area contributed by atoms with Gasteiger partial charge in [-0.15, -0.1) is 11.8 Å². The Labute approximate surface area is 181 Å². The summed E-state index contributed by atoms with van der Waals surface area (Å²) in [5.74, 6) is 0. The first-order chi connectivity index (χ1) is 14.5. The molecule has 2 aromatic carbocycles. The van der Waals surface area contributed by atoms with E-state index in [1.807, 2.05) is 0 Å². The summed E-state index contributed by atoms with van der Waals surface area (Å²) in [6.07, 6.45) is -2.73. The first-order valence-electron chi connectivity index (χ1n) is 9.29. The number of nitrogens with one attached hydrogen (secondary N) is 1. The Morgan fingerprint density at radius 2 is 1.74 bits per heavy atom. The van der Waals surface area contributed by atoms with Gasteiger partial charge in [0, 0.05) is 21.9 Å². The predicted molar refractivity (Wildman–Crippen MR) is 112 cm³/mol. The molecule has 1 aliphatic heterocycles. The molecule has 0 bridgehead atoms. The highest BCUT2D eigenvalue weighted by molar-refractivity contribution is 8.00. The van der Waals surface area contributed by atoms with Gasteiger partial charge in [-0.05, 0) is 69.4 Å². The highest BCUT2D eigenvalue weighted by Gasteiger charge is 2.35. The van der Waals surface area contributed by atoms with E-state index in [-0.39, 0.29) is 11.8 Å². The van der Waals surface area contributed by atoms with Crippen LogP contribution in [0.1, 0.15) is 18.4 Å². The zero-order chi connectivity index (χ0) is 22.8. The van der Waals surface area contributed by atoms with Crippen LogP contribution in [0.25, 0.3) is 0 Å². The monoisotopic (exact) mass is 475 g/mol. The van der Waals surface area contributed by atoms with Crippen molar-refractivity contribution in [2.24, 2.45) is 0 Å². The van der Waals surface area contributed by atoms with Crippen LogP contribution in [0.5, 0.6) is 0 Å². The van der Waals surface area contributed by atoms with Gasteiger partial charge in [-0.25, -0.2) is 8.42 Å². The van der Waals surface area contributed by atoms with Gasteiger partial charge < -0.3 is 4.90 Å². The van der Waals surface area contributed by atoms with Crippen molar-refractivity contribution in [3.63, 3.8) is 0 Å². The van der Waals surface area contributed by atoms with Gasteiger partial charge in [0.05, 0.1) is 10.5 Å². The van der Waals surface area contributed by atoms with Crippen LogP contribution in [0.2, 0.25) is 0 Å². The number of nitro groups is 1. The lowest BCUT2D eigenvalue weighted by Gasteiger charge is -2.28. The maximum absolute atomic E-state index is 12.8. The van der Waals surface area contributed by atoms with E-state index < -0.39 is 37.3 Å². The third-order valence-electron chi connectivity index (χ3n) is 4.85. The summed E-state index contributed by atoms with van der Waals surface area (Å²) in [5, 5.41) is 11.7. The lowest BCUT2D eigenvalue weighted by molar-refractivity contribution is -0.388. The fourth-order valence-corrected chi connectivity index (χ4v) is 5.51. The number of hydrogen-bond acceptors (Lipinski definition) is 6. The molecule has 7 nitrogen and oxygen atoms in total. The van der Waals surface area contributed by atoms with Gasteiger partial charge in [0.1, 0.15) is 0 Å². The Morgan fingerprint density at radius 3 is 2.29 bits per heavy atom. The number of piperidine rings is 1. The minimum atomic E-state index is -4.83. The third kappa shape index (κ3) is 5.89. The second kappa shape index (κ2) is 9.05. The van der Waals surface area contributed by atoms with Gasteiger partial charge in [0.25, 0.3) is 15.7 Å². The topological polar surface area (TPSA) is 92.6 Å². The second-order valence-electron chi connectivity index (χ2n) is 7.19. The van der Waals surface area contributed by atoms with Crippen molar-refractivity contribution in [1.29, 1.82) is 0 Å². The van der Waals surface area contributed by atoms with Crippen molar-refractivity contribution in [1.82, 2.24) is 4.90 Å². The molecule has 0 aliphatic carbocycles. The molecule has 1 fully saturated rings. The van der Waals surface area contributed by atoms with Crippen LogP contribution in [0.4, 0.5) is 24.5 Å². The summed E-state index contributed by atoms with van der Waals surface area (Å²) in [6.45, 7) is 2.03. The van der Waals surface area contributed by atoms with Crippen LogP contribution in [0, 0.1) is 10.1 Å². The predicted octanol–water partition coefficient (Wildman–Crippen LogP) is 4.60. The van der Waals surface area contributed by atoms with Crippen molar-refractivity contribution < 1.29 is 26.5 Å². The van der Waals surface area contributed by atoms with Crippen molar-refractivity contribution in [3.8, 4) is 0 Å². The fraction of sp³-hybridized carbons (Fsp3) is 0.368. The zero-order valence-corrected chi connectivity index (χ0v) is 18.1. The summed E-state index contributed by atoms with van der Waals surface area (Å²) >= 11 is 1.70. The number of alkyl halides is 3. The van der Waals surface area contributed by atoms with Crippen molar-refractivity contribution in [2.45, 2.75) is 34.1 Å². The van der Waals surface area contributed by atoms with Gasteiger partial charge in [-0.2, -0.15) is 13.2 Å². The molecule has 0 aromatic heterocycles. The lowest BCUT2D eigenvalue weighted by atomic mass is 10.1. The van der Waals surface area contributed by atoms with E-state index in [0.717, 1.165) is 30.8 Å². The second-order valence-corrected chi connectivity index (χ2v) is 10.2. The molecular weight excluding hydrogens is 455 g/mol. The summed E-state index contributed by atoms with van der Waals surface area (Å²) in [4.78, 5) is 12.4. The standard InChI is InChI=1S/C19H20F3N3O4S2/c1-24-10-8-16(9-11-24)30-15-5-3-14(4-6-15)23-31(28,29)18-7-2-13(19(20,21)22)12-17(18)25(26)27/h2-7,12,16,23H,8-11H2,1H3. The Hall–Kier alpha value is -2.31. The van der Waals surface area contributed by atoms with E-state index in [9.17, 15) is 31.7 Å². The van der Waals surface area contributed by atoms with Gasteiger partial charge in [-0.3, -0.25) is 14.8 Å². The molecule has 0 atom stereocenters. The molecule has 0 spiro atoms. The molecule has 0 amide bonds. The fourth-order valence-electron chi connectivity index (χ4n) is 3.17. The summed E-state index contributed by atoms with van der Waals surface area (Å²) < 4.78 is 65.9. The van der Waals surface area contributed by atoms with Crippen LogP contribution in [0.15, 0.2) is 52.3 Å². The molecule has 0 saturated carbocycles. The highest BCUT2D eigenvalue weighted by Crippen LogP contribution is 2.35. The van der Waals surface area contributed by atoms with Crippen LogP contribution in [0.3, 0.4) is 0 Å². The average molecular weight is 476 g/mol. The van der Waals surface area contributed by atoms with E-state index in [2.05, 4.69) is 16.7 Å². The van der Waals surface area contributed by atoms with Crippen LogP contribution < -0.4 is 4.72 Å². The Morgan fingerprint density at radius 1 is 1.13 bits per heavy atom. The average Bonchev–Trinajstić information content (AvgIpc) is 2.70. The van der Waals surface area contributed by atoms with Crippen molar-refractivity contribution in [2.75, 3.05) is 24.9 Å². The molecule has 0 unspecified atom stereocenters. The van der Waals surface area contributed by atoms with E-state index in [4.69, 9.17) is 0 Å². The number of benzene rings is 2. The number of nitro benzene ring substituents is 1. The summed E-state index contributed by atoms with van der Waals surface area (Å²) in [5.41, 5.74) is -2.29. The Balaban J connectivity index is 1.77. The van der Waals surface area contributed by atoms with E-state index in [1.165, 1.54) is 12.1 Å². The van der Waals surface area contributed by atoms with E-state index in [0.29, 0.717) is 17.4 Å². The normalized spacial score (nSPS) is 16.3. The zero-order valence-electron chi connectivity index (χ0n) is 16.4. The first-order valence-corrected chi connectivity index (χ1v) is 11.7. The molecule has 2 aromatic rings. The third-order valence-corrected chi connectivity index (χ3v) is 7.63. The number of halogens is 3. The quantitative estimate of drug-likeness (QED) is 0.485. The molecule has 1 saturated heterocycles. The smallest absolute Gasteiger partial charge is 0.306 e. The minimum Gasteiger partial charge on any atom is -0.306 e. The number of likely N-dealkylation sites (tertiary alicyclic amines) is 1. The van der Waals surface area contributed by atoms with Gasteiger partial charge in [0.2, 0.25) is 0 Å². The first kappa shape index (κ1) is 23.4. The van der Waals surface area contributed by atoms with Crippen molar-refractivity contribution >= 4 is 33.2 Å². The van der Waals surface area contributed by atoms with Gasteiger partial charge in [0.15, 0.2) is 4.90 Å². The maximum atomic E-state index is 12.8. The Kier molecular flexibility index (Phi) is 6.82. The van der Waals surface area contributed by atoms with Gasteiger partial charge >= 0.3 is 6.18 Å². The van der Waals surface area contributed by atoms with E-state index in [1.54, 1.807) is 23.9 Å². The molecule has 0 radical (unpaired) electrons. The molecule has 31 heavy (non-hydrogen) atoms. The number of nitrogens with zero attached hydrogens (tertiary/aromatic N) is 2. The number of hydrogen-bond donors (Lipinski definition) is 1. The number of rotatable bonds is 6. The SMILES string of the molecule is CN1CCC(Sc2ccc(NS(=O)(=O)c3ccc(C(F)(F)F)cc3[N+](=O)[O-])cc2)CC1. The van der Waals surface area contributed by atoms with Crippen LogP contribution in [-0.4, -0.2) is 43.6 Å². The molecule has 12 heteroatoms. The maximum Gasteiger partial charge on any atom is 0.416 e. The summed E-state index contributed by atoms with van der Waals surface area (Å²) in [6, 6.07) is 7.83. The van der Waals surface area contributed by atoms with Crippen LogP contribution >= 0.6 is 11.8 Å². The summed E-state index contributed by atoms with van der Waals surface area (Å²) in [7, 11) is -2.40. The largest absolute Gasteiger partial charge is 0.416 e. The van der Waals surface area contributed by atoms with E-state index >= 15 is 0 Å². The Bertz CT molecular complexity index is 1050.